The maximum Gasteiger partial charge on any atom is 0.330 e. The third kappa shape index (κ3) is 7.36. The fourth-order valence-electron chi connectivity index (χ4n) is 0.444. The van der Waals surface area contributed by atoms with E-state index in [-0.39, 0.29) is 18.4 Å². The summed E-state index contributed by atoms with van der Waals surface area (Å²) in [4.78, 5) is 10.7. The van der Waals surface area contributed by atoms with Crippen LogP contribution in [0, 0.1) is 0 Å². The first-order valence-corrected chi connectivity index (χ1v) is 3.24. The van der Waals surface area contributed by atoms with Crippen molar-refractivity contribution in [2.45, 2.75) is 13.8 Å². The van der Waals surface area contributed by atoms with Crippen LogP contribution in [0.1, 0.15) is 13.8 Å². The van der Waals surface area contributed by atoms with Gasteiger partial charge < -0.3 is 10.5 Å². The maximum absolute atomic E-state index is 10.7. The molecule has 66 valence electrons. The molecule has 4 heteroatoms. The molecular weight excluding hydrogens is 166 g/mol. The Morgan fingerprint density at radius 1 is 1.64 bits per heavy atom. The molecule has 0 aliphatic heterocycles. The van der Waals surface area contributed by atoms with Crippen molar-refractivity contribution >= 4 is 18.4 Å². The van der Waals surface area contributed by atoms with Crippen LogP contribution < -0.4 is 5.73 Å². The second kappa shape index (κ2) is 7.57. The zero-order valence-electron chi connectivity index (χ0n) is 6.79. The van der Waals surface area contributed by atoms with Crippen LogP contribution >= 0.6 is 12.4 Å². The largest absolute Gasteiger partial charge is 0.463 e. The molecule has 0 heterocycles. The van der Waals surface area contributed by atoms with Crippen molar-refractivity contribution in [3.8, 4) is 0 Å². The molecule has 0 saturated carbocycles. The first kappa shape index (κ1) is 13.1. The topological polar surface area (TPSA) is 52.3 Å². The lowest BCUT2D eigenvalue weighted by Gasteiger charge is -1.96. The van der Waals surface area contributed by atoms with Gasteiger partial charge in [0.15, 0.2) is 0 Å². The van der Waals surface area contributed by atoms with E-state index in [0.29, 0.717) is 13.2 Å². The minimum Gasteiger partial charge on any atom is -0.463 e. The Morgan fingerprint density at radius 2 is 2.18 bits per heavy atom. The fraction of sp³-hybridized carbons (Fsp3) is 0.571. The molecule has 0 aromatic rings. The highest BCUT2D eigenvalue weighted by Gasteiger charge is 1.94. The van der Waals surface area contributed by atoms with Gasteiger partial charge in [-0.2, -0.15) is 0 Å². The first-order valence-electron chi connectivity index (χ1n) is 3.24. The highest BCUT2D eigenvalue weighted by Crippen LogP contribution is 1.89. The maximum atomic E-state index is 10.7. The number of nitrogens with two attached hydrogens (primary N) is 1. The number of carbonyl (C=O) groups excluding carboxylic acids is 1. The number of esters is 1. The Hall–Kier alpha value is -0.540. The molecule has 0 saturated heterocycles. The van der Waals surface area contributed by atoms with E-state index in [4.69, 9.17) is 5.73 Å². The Kier molecular flexibility index (Phi) is 9.00. The molecule has 0 aromatic carbocycles. The molecule has 0 radical (unpaired) electrons. The standard InChI is InChI=1S/C7H13NO2.ClH/c1-3-10-7(9)4-6(2)5-8;/h4H,3,5,8H2,1-2H3;1H/b6-4+;. The summed E-state index contributed by atoms with van der Waals surface area (Å²) in [6, 6.07) is 0. The summed E-state index contributed by atoms with van der Waals surface area (Å²) in [5.74, 6) is -0.314. The van der Waals surface area contributed by atoms with Crippen molar-refractivity contribution < 1.29 is 9.53 Å². The predicted octanol–water partition coefficient (Wildman–Crippen LogP) is 0.876. The van der Waals surface area contributed by atoms with Crippen molar-refractivity contribution in [1.29, 1.82) is 0 Å². The van der Waals surface area contributed by atoms with Crippen molar-refractivity contribution in [1.82, 2.24) is 0 Å². The van der Waals surface area contributed by atoms with Gasteiger partial charge in [-0.3, -0.25) is 0 Å². The van der Waals surface area contributed by atoms with E-state index in [1.807, 2.05) is 0 Å². The Labute approximate surface area is 73.0 Å². The first-order chi connectivity index (χ1) is 4.70. The van der Waals surface area contributed by atoms with E-state index >= 15 is 0 Å². The molecule has 3 nitrogen and oxygen atoms in total. The molecule has 0 aliphatic carbocycles. The van der Waals surface area contributed by atoms with Crippen LogP contribution in [0.15, 0.2) is 11.6 Å². The molecule has 0 aliphatic rings. The second-order valence-corrected chi connectivity index (χ2v) is 1.95. The van der Waals surface area contributed by atoms with Gasteiger partial charge in [0, 0.05) is 12.6 Å². The molecule has 0 aromatic heterocycles. The molecule has 0 fully saturated rings. The molecule has 2 N–H and O–H groups in total. The lowest BCUT2D eigenvalue weighted by atomic mass is 10.3. The summed E-state index contributed by atoms with van der Waals surface area (Å²) >= 11 is 0. The lowest BCUT2D eigenvalue weighted by Crippen LogP contribution is -2.05. The average Bonchev–Trinajstić information content (AvgIpc) is 1.88. The van der Waals surface area contributed by atoms with E-state index < -0.39 is 0 Å². The monoisotopic (exact) mass is 179 g/mol. The van der Waals surface area contributed by atoms with Gasteiger partial charge in [0.2, 0.25) is 0 Å². The van der Waals surface area contributed by atoms with E-state index in [0.717, 1.165) is 5.57 Å². The van der Waals surface area contributed by atoms with Gasteiger partial charge in [0.1, 0.15) is 0 Å². The summed E-state index contributed by atoms with van der Waals surface area (Å²) in [5, 5.41) is 0. The number of ether oxygens (including phenoxy) is 1. The van der Waals surface area contributed by atoms with Gasteiger partial charge in [-0.25, -0.2) is 4.79 Å². The average molecular weight is 180 g/mol. The molecular formula is C7H14ClNO2. The summed E-state index contributed by atoms with van der Waals surface area (Å²) < 4.78 is 4.64. The van der Waals surface area contributed by atoms with Gasteiger partial charge >= 0.3 is 5.97 Å². The number of hydrogen-bond acceptors (Lipinski definition) is 3. The second-order valence-electron chi connectivity index (χ2n) is 1.95. The molecule has 0 atom stereocenters. The van der Waals surface area contributed by atoms with Crippen LogP contribution in [-0.4, -0.2) is 19.1 Å². The number of halogens is 1. The Morgan fingerprint density at radius 3 is 2.55 bits per heavy atom. The van der Waals surface area contributed by atoms with Crippen LogP contribution in [0.25, 0.3) is 0 Å². The number of rotatable bonds is 3. The molecule has 0 rings (SSSR count). The van der Waals surface area contributed by atoms with E-state index in [9.17, 15) is 4.79 Å². The smallest absolute Gasteiger partial charge is 0.330 e. The third-order valence-corrected chi connectivity index (χ3v) is 0.973. The van der Waals surface area contributed by atoms with Gasteiger partial charge in [-0.1, -0.05) is 5.57 Å². The Balaban J connectivity index is 0. The van der Waals surface area contributed by atoms with Crippen LogP contribution in [0.4, 0.5) is 0 Å². The normalized spacial score (nSPS) is 10.3. The zero-order valence-corrected chi connectivity index (χ0v) is 7.61. The fourth-order valence-corrected chi connectivity index (χ4v) is 0.444. The molecule has 0 spiro atoms. The highest BCUT2D eigenvalue weighted by molar-refractivity contribution is 5.85. The summed E-state index contributed by atoms with van der Waals surface area (Å²) in [6.07, 6.45) is 1.41. The van der Waals surface area contributed by atoms with E-state index in [2.05, 4.69) is 4.74 Å². The van der Waals surface area contributed by atoms with Crippen LogP contribution in [0.3, 0.4) is 0 Å². The molecule has 0 bridgehead atoms. The van der Waals surface area contributed by atoms with Crippen molar-refractivity contribution in [3.05, 3.63) is 11.6 Å². The lowest BCUT2D eigenvalue weighted by molar-refractivity contribution is -0.137. The molecule has 0 amide bonds. The third-order valence-electron chi connectivity index (χ3n) is 0.973. The van der Waals surface area contributed by atoms with Crippen LogP contribution in [0.2, 0.25) is 0 Å². The molecule has 0 unspecified atom stereocenters. The SMILES string of the molecule is CCOC(=O)/C=C(\C)CN.Cl. The van der Waals surface area contributed by atoms with Gasteiger partial charge in [0.25, 0.3) is 0 Å². The van der Waals surface area contributed by atoms with Gasteiger partial charge in [-0.05, 0) is 13.8 Å². The minimum atomic E-state index is -0.314. The van der Waals surface area contributed by atoms with Crippen molar-refractivity contribution in [3.63, 3.8) is 0 Å². The number of carbonyl (C=O) groups is 1. The minimum absolute atomic E-state index is 0. The summed E-state index contributed by atoms with van der Waals surface area (Å²) in [6.45, 7) is 4.37. The zero-order chi connectivity index (χ0) is 7.98. The Bertz CT molecular complexity index is 145. The van der Waals surface area contributed by atoms with Gasteiger partial charge in [0.05, 0.1) is 6.61 Å². The highest BCUT2D eigenvalue weighted by atomic mass is 35.5. The summed E-state index contributed by atoms with van der Waals surface area (Å²) in [5.41, 5.74) is 6.07. The molecule has 11 heavy (non-hydrogen) atoms. The predicted molar refractivity (Wildman–Crippen MR) is 46.7 cm³/mol. The van der Waals surface area contributed by atoms with E-state index in [1.165, 1.54) is 6.08 Å². The quantitative estimate of drug-likeness (QED) is 0.517. The van der Waals surface area contributed by atoms with Crippen molar-refractivity contribution in [2.75, 3.05) is 13.2 Å². The van der Waals surface area contributed by atoms with Crippen LogP contribution in [0.5, 0.6) is 0 Å². The van der Waals surface area contributed by atoms with Crippen LogP contribution in [-0.2, 0) is 9.53 Å². The van der Waals surface area contributed by atoms with E-state index in [1.54, 1.807) is 13.8 Å². The van der Waals surface area contributed by atoms with Crippen molar-refractivity contribution in [2.24, 2.45) is 5.73 Å². The summed E-state index contributed by atoms with van der Waals surface area (Å²) in [7, 11) is 0. The number of hydrogen-bond donors (Lipinski definition) is 1. The van der Waals surface area contributed by atoms with Gasteiger partial charge in [-0.15, -0.1) is 12.4 Å².